The van der Waals surface area contributed by atoms with E-state index in [4.69, 9.17) is 16.3 Å². The Morgan fingerprint density at radius 1 is 1.23 bits per heavy atom. The minimum absolute atomic E-state index is 0.124. The molecule has 26 heavy (non-hydrogen) atoms. The second-order valence-corrected chi connectivity index (χ2v) is 8.90. The lowest BCUT2D eigenvalue weighted by Crippen LogP contribution is -2.56. The summed E-state index contributed by atoms with van der Waals surface area (Å²) < 4.78 is 5.12. The first-order valence-electron chi connectivity index (χ1n) is 9.51. The van der Waals surface area contributed by atoms with E-state index in [0.29, 0.717) is 5.15 Å². The number of rotatable bonds is 5. The molecule has 0 aromatic carbocycles. The molecule has 1 amide bonds. The van der Waals surface area contributed by atoms with Gasteiger partial charge in [-0.25, -0.2) is 9.78 Å². The monoisotopic (exact) mass is 376 g/mol. The number of carbonyl (C=O) groups is 2. The molecule has 0 radical (unpaired) electrons. The highest BCUT2D eigenvalue weighted by Crippen LogP contribution is 2.61. The van der Waals surface area contributed by atoms with Gasteiger partial charge in [0, 0.05) is 12.2 Å². The topological polar surface area (TPSA) is 68.3 Å². The van der Waals surface area contributed by atoms with Crippen LogP contribution in [0.5, 0.6) is 0 Å². The average molecular weight is 377 g/mol. The lowest BCUT2D eigenvalue weighted by atomic mass is 9.48. The highest BCUT2D eigenvalue weighted by molar-refractivity contribution is 6.29. The van der Waals surface area contributed by atoms with Gasteiger partial charge in [0.1, 0.15) is 5.15 Å². The van der Waals surface area contributed by atoms with Gasteiger partial charge in [-0.3, -0.25) is 4.79 Å². The Morgan fingerprint density at radius 2 is 1.85 bits per heavy atom. The van der Waals surface area contributed by atoms with Crippen molar-refractivity contribution in [3.8, 4) is 0 Å². The van der Waals surface area contributed by atoms with E-state index in [9.17, 15) is 9.59 Å². The number of halogens is 1. The summed E-state index contributed by atoms with van der Waals surface area (Å²) in [6, 6.07) is 3.18. The number of hydrogen-bond donors (Lipinski definition) is 1. The molecule has 0 saturated heterocycles. The maximum Gasteiger partial charge on any atom is 0.340 e. The molecule has 4 aliphatic rings. The van der Waals surface area contributed by atoms with Crippen LogP contribution in [-0.2, 0) is 9.53 Å². The number of esters is 1. The third kappa shape index (κ3) is 3.46. The van der Waals surface area contributed by atoms with Gasteiger partial charge in [-0.1, -0.05) is 11.6 Å². The predicted octanol–water partition coefficient (Wildman–Crippen LogP) is 3.61. The first-order valence-corrected chi connectivity index (χ1v) is 9.89. The Hall–Kier alpha value is -1.62. The number of nitrogens with zero attached hydrogens (tertiary/aromatic N) is 1. The van der Waals surface area contributed by atoms with Crippen molar-refractivity contribution in [3.05, 3.63) is 29.0 Å². The van der Waals surface area contributed by atoms with Crippen molar-refractivity contribution in [3.63, 3.8) is 0 Å². The van der Waals surface area contributed by atoms with Crippen molar-refractivity contribution >= 4 is 23.5 Å². The fraction of sp³-hybridized carbons (Fsp3) is 0.650. The van der Waals surface area contributed by atoms with Crippen molar-refractivity contribution in [1.29, 1.82) is 0 Å². The third-order valence-electron chi connectivity index (χ3n) is 6.68. The molecule has 1 aromatic heterocycles. The minimum Gasteiger partial charge on any atom is -0.452 e. The van der Waals surface area contributed by atoms with E-state index in [-0.39, 0.29) is 29.5 Å². The van der Waals surface area contributed by atoms with Crippen LogP contribution in [-0.4, -0.2) is 29.5 Å². The van der Waals surface area contributed by atoms with Gasteiger partial charge in [0.05, 0.1) is 5.56 Å². The van der Waals surface area contributed by atoms with Crippen LogP contribution in [0.2, 0.25) is 5.15 Å². The Morgan fingerprint density at radius 3 is 2.38 bits per heavy atom. The molecular formula is C20H25ClN2O3. The summed E-state index contributed by atoms with van der Waals surface area (Å²) in [6.07, 6.45) is 9.19. The molecule has 1 heterocycles. The van der Waals surface area contributed by atoms with E-state index in [2.05, 4.69) is 17.2 Å². The first-order chi connectivity index (χ1) is 12.4. The summed E-state index contributed by atoms with van der Waals surface area (Å²) in [4.78, 5) is 28.1. The maximum absolute atomic E-state index is 12.3. The molecule has 1 aromatic rings. The highest BCUT2D eigenvalue weighted by atomic mass is 35.5. The van der Waals surface area contributed by atoms with Gasteiger partial charge >= 0.3 is 5.97 Å². The minimum atomic E-state index is -0.563. The number of aromatic nitrogens is 1. The molecule has 4 bridgehead atoms. The Bertz CT molecular complexity index is 668. The molecule has 4 fully saturated rings. The lowest BCUT2D eigenvalue weighted by molar-refractivity contribution is -0.128. The van der Waals surface area contributed by atoms with Gasteiger partial charge in [-0.05, 0) is 80.8 Å². The summed E-state index contributed by atoms with van der Waals surface area (Å²) >= 11 is 5.70. The van der Waals surface area contributed by atoms with Crippen LogP contribution >= 0.6 is 11.6 Å². The molecule has 140 valence electrons. The second-order valence-electron chi connectivity index (χ2n) is 8.51. The van der Waals surface area contributed by atoms with Crippen LogP contribution in [0.1, 0.15) is 55.8 Å². The van der Waals surface area contributed by atoms with Crippen LogP contribution < -0.4 is 5.32 Å². The van der Waals surface area contributed by atoms with Gasteiger partial charge in [-0.2, -0.15) is 0 Å². The van der Waals surface area contributed by atoms with Crippen molar-refractivity contribution in [2.45, 2.75) is 51.5 Å². The summed E-state index contributed by atoms with van der Waals surface area (Å²) in [5.41, 5.74) is 0.533. The van der Waals surface area contributed by atoms with Crippen molar-refractivity contribution in [2.24, 2.45) is 23.2 Å². The van der Waals surface area contributed by atoms with E-state index < -0.39 is 5.97 Å². The predicted molar refractivity (Wildman–Crippen MR) is 97.7 cm³/mol. The van der Waals surface area contributed by atoms with Crippen LogP contribution in [0.4, 0.5) is 0 Å². The fourth-order valence-electron chi connectivity index (χ4n) is 5.86. The maximum atomic E-state index is 12.3. The average Bonchev–Trinajstić information content (AvgIpc) is 2.59. The van der Waals surface area contributed by atoms with E-state index >= 15 is 0 Å². The van der Waals surface area contributed by atoms with Gasteiger partial charge < -0.3 is 10.1 Å². The van der Waals surface area contributed by atoms with E-state index in [0.717, 1.165) is 17.8 Å². The van der Waals surface area contributed by atoms with Crippen LogP contribution in [0.25, 0.3) is 0 Å². The number of carbonyl (C=O) groups excluding carboxylic acids is 2. The van der Waals surface area contributed by atoms with Crippen molar-refractivity contribution in [1.82, 2.24) is 10.3 Å². The summed E-state index contributed by atoms with van der Waals surface area (Å²) in [5, 5.41) is 3.41. The van der Waals surface area contributed by atoms with Gasteiger partial charge in [-0.15, -0.1) is 0 Å². The van der Waals surface area contributed by atoms with E-state index in [1.807, 2.05) is 0 Å². The molecule has 5 nitrogen and oxygen atoms in total. The number of nitrogens with one attached hydrogen (secondary N) is 1. The van der Waals surface area contributed by atoms with Crippen molar-refractivity contribution < 1.29 is 14.3 Å². The standard InChI is InChI=1S/C20H25ClN2O3/c1-12(20-7-13-4-14(8-20)6-15(5-13)9-20)23-18(24)11-26-19(25)16-2-3-17(21)22-10-16/h2-3,10,12-15H,4-9,11H2,1H3,(H,23,24)/t12-,13?,14?,15?,20?/m1/s1. The van der Waals surface area contributed by atoms with Gasteiger partial charge in [0.25, 0.3) is 5.91 Å². The number of hydrogen-bond acceptors (Lipinski definition) is 4. The molecule has 4 saturated carbocycles. The Kier molecular flexibility index (Phi) is 4.68. The Labute approximate surface area is 158 Å². The second kappa shape index (κ2) is 6.84. The molecule has 4 aliphatic carbocycles. The molecule has 0 aliphatic heterocycles. The SMILES string of the molecule is C[C@@H](NC(=O)COC(=O)c1ccc(Cl)nc1)C12CC3CC(CC(C3)C1)C2. The highest BCUT2D eigenvalue weighted by Gasteiger charge is 2.53. The first kappa shape index (κ1) is 17.8. The zero-order valence-electron chi connectivity index (χ0n) is 15.0. The summed E-state index contributed by atoms with van der Waals surface area (Å²) in [5.74, 6) is 1.73. The molecule has 5 rings (SSSR count). The van der Waals surface area contributed by atoms with Gasteiger partial charge in [0.15, 0.2) is 6.61 Å². The fourth-order valence-corrected chi connectivity index (χ4v) is 5.97. The molecule has 0 unspecified atom stereocenters. The van der Waals surface area contributed by atoms with Gasteiger partial charge in [0.2, 0.25) is 0 Å². The van der Waals surface area contributed by atoms with E-state index in [1.165, 1.54) is 56.9 Å². The number of pyridine rings is 1. The summed E-state index contributed by atoms with van der Waals surface area (Å²) in [7, 11) is 0. The van der Waals surface area contributed by atoms with Crippen molar-refractivity contribution in [2.75, 3.05) is 6.61 Å². The zero-order valence-corrected chi connectivity index (χ0v) is 15.8. The lowest BCUT2D eigenvalue weighted by Gasteiger charge is -2.59. The molecular weight excluding hydrogens is 352 g/mol. The summed E-state index contributed by atoms with van der Waals surface area (Å²) in [6.45, 7) is 1.86. The molecule has 1 N–H and O–H groups in total. The molecule has 1 atom stereocenters. The molecule has 0 spiro atoms. The normalized spacial score (nSPS) is 32.9. The largest absolute Gasteiger partial charge is 0.452 e. The van der Waals surface area contributed by atoms with E-state index in [1.54, 1.807) is 0 Å². The molecule has 6 heteroatoms. The third-order valence-corrected chi connectivity index (χ3v) is 6.90. The van der Waals surface area contributed by atoms with Crippen LogP contribution in [0, 0.1) is 23.2 Å². The zero-order chi connectivity index (χ0) is 18.3. The number of ether oxygens (including phenoxy) is 1. The number of amides is 1. The van der Waals surface area contributed by atoms with Crippen LogP contribution in [0.3, 0.4) is 0 Å². The quantitative estimate of drug-likeness (QED) is 0.629. The smallest absolute Gasteiger partial charge is 0.340 e. The Balaban J connectivity index is 1.31. The van der Waals surface area contributed by atoms with Crippen LogP contribution in [0.15, 0.2) is 18.3 Å².